The second kappa shape index (κ2) is 9.56. The van der Waals surface area contributed by atoms with Crippen LogP contribution < -0.4 is 14.8 Å². The number of carbonyl (C=O) groups excluding carboxylic acids is 1. The van der Waals surface area contributed by atoms with Crippen LogP contribution in [0, 0.1) is 5.82 Å². The third kappa shape index (κ3) is 7.15. The molecule has 25 heavy (non-hydrogen) atoms. The van der Waals surface area contributed by atoms with Crippen LogP contribution in [-0.4, -0.2) is 25.7 Å². The molecule has 134 valence electrons. The molecule has 1 N–H and O–H groups in total. The highest BCUT2D eigenvalue weighted by Crippen LogP contribution is 2.15. The molecule has 0 saturated carbocycles. The monoisotopic (exact) mass is 353 g/mol. The van der Waals surface area contributed by atoms with Crippen LogP contribution in [0.4, 0.5) is 13.2 Å². The largest absolute Gasteiger partial charge is 0.493 e. The van der Waals surface area contributed by atoms with E-state index in [1.165, 1.54) is 36.4 Å². The number of rotatable bonds is 9. The molecule has 0 heterocycles. The molecule has 7 heteroatoms. The van der Waals surface area contributed by atoms with Crippen molar-refractivity contribution in [2.24, 2.45) is 0 Å². The first-order valence-corrected chi connectivity index (χ1v) is 7.72. The van der Waals surface area contributed by atoms with Crippen LogP contribution >= 0.6 is 0 Å². The topological polar surface area (TPSA) is 47.6 Å². The molecule has 0 unspecified atom stereocenters. The summed E-state index contributed by atoms with van der Waals surface area (Å²) in [6.07, 6.45) is 0.748. The molecule has 0 atom stereocenters. The lowest BCUT2D eigenvalue weighted by atomic mass is 10.1. The van der Waals surface area contributed by atoms with E-state index in [0.717, 1.165) is 5.56 Å². The summed E-state index contributed by atoms with van der Waals surface area (Å²) >= 11 is 0. The molecule has 1 amide bonds. The van der Waals surface area contributed by atoms with Gasteiger partial charge in [0.25, 0.3) is 0 Å². The van der Waals surface area contributed by atoms with Crippen molar-refractivity contribution in [3.63, 3.8) is 0 Å². The molecule has 0 spiro atoms. The van der Waals surface area contributed by atoms with E-state index < -0.39 is 6.61 Å². The minimum atomic E-state index is -2.85. The Labute approximate surface area is 143 Å². The molecule has 0 aliphatic heterocycles. The van der Waals surface area contributed by atoms with E-state index in [1.807, 2.05) is 0 Å². The van der Waals surface area contributed by atoms with E-state index in [1.54, 1.807) is 12.1 Å². The summed E-state index contributed by atoms with van der Waals surface area (Å²) in [4.78, 5) is 11.7. The number of carbonyl (C=O) groups is 1. The minimum absolute atomic E-state index is 0.0979. The van der Waals surface area contributed by atoms with E-state index in [9.17, 15) is 18.0 Å². The number of alkyl halides is 2. The van der Waals surface area contributed by atoms with Crippen LogP contribution in [0.3, 0.4) is 0 Å². The zero-order chi connectivity index (χ0) is 18.1. The molecular weight excluding hydrogens is 335 g/mol. The first kappa shape index (κ1) is 18.6. The van der Waals surface area contributed by atoms with Gasteiger partial charge in [-0.3, -0.25) is 4.79 Å². The zero-order valence-corrected chi connectivity index (χ0v) is 13.4. The molecule has 0 aliphatic rings. The average molecular weight is 353 g/mol. The molecule has 0 aromatic heterocycles. The highest BCUT2D eigenvalue weighted by Gasteiger charge is 2.05. The maximum absolute atomic E-state index is 12.7. The van der Waals surface area contributed by atoms with Gasteiger partial charge in [-0.15, -0.1) is 0 Å². The Bertz CT molecular complexity index is 660. The highest BCUT2D eigenvalue weighted by molar-refractivity contribution is 5.75. The molecule has 4 nitrogen and oxygen atoms in total. The standard InChI is InChI=1S/C18H18F3NO3/c19-14-3-7-15(8-4-14)24-12-10-17(23)22-11-9-13-1-5-16(6-2-13)25-18(20)21/h1-8,18H,9-12H2,(H,22,23). The maximum Gasteiger partial charge on any atom is 0.387 e. The zero-order valence-electron chi connectivity index (χ0n) is 13.4. The number of nitrogens with one attached hydrogen (secondary N) is 1. The predicted octanol–water partition coefficient (Wildman–Crippen LogP) is 3.55. The Kier molecular flexibility index (Phi) is 7.13. The molecular formula is C18H18F3NO3. The van der Waals surface area contributed by atoms with E-state index >= 15 is 0 Å². The number of hydrogen-bond acceptors (Lipinski definition) is 3. The molecule has 2 aromatic rings. The third-order valence-corrected chi connectivity index (χ3v) is 3.30. The van der Waals surface area contributed by atoms with E-state index in [0.29, 0.717) is 18.7 Å². The predicted molar refractivity (Wildman–Crippen MR) is 86.3 cm³/mol. The second-order valence-electron chi connectivity index (χ2n) is 5.17. The van der Waals surface area contributed by atoms with Crippen molar-refractivity contribution in [2.75, 3.05) is 13.2 Å². The Morgan fingerprint density at radius 1 is 1.00 bits per heavy atom. The van der Waals surface area contributed by atoms with Crippen molar-refractivity contribution < 1.29 is 27.4 Å². The van der Waals surface area contributed by atoms with Crippen molar-refractivity contribution in [2.45, 2.75) is 19.5 Å². The summed E-state index contributed by atoms with van der Waals surface area (Å²) in [5.41, 5.74) is 0.893. The average Bonchev–Trinajstić information content (AvgIpc) is 2.58. The molecule has 2 rings (SSSR count). The van der Waals surface area contributed by atoms with Gasteiger partial charge in [0.15, 0.2) is 0 Å². The van der Waals surface area contributed by atoms with Gasteiger partial charge in [0, 0.05) is 6.54 Å². The van der Waals surface area contributed by atoms with Gasteiger partial charge in [0.2, 0.25) is 5.91 Å². The number of ether oxygens (including phenoxy) is 2. The maximum atomic E-state index is 12.7. The van der Waals surface area contributed by atoms with Gasteiger partial charge in [0.05, 0.1) is 13.0 Å². The van der Waals surface area contributed by atoms with Gasteiger partial charge in [0.1, 0.15) is 17.3 Å². The number of amides is 1. The Morgan fingerprint density at radius 2 is 1.64 bits per heavy atom. The van der Waals surface area contributed by atoms with E-state index in [-0.39, 0.29) is 30.5 Å². The summed E-state index contributed by atoms with van der Waals surface area (Å²) in [6.45, 7) is -2.23. The van der Waals surface area contributed by atoms with E-state index in [2.05, 4.69) is 10.1 Å². The van der Waals surface area contributed by atoms with Crippen molar-refractivity contribution in [3.8, 4) is 11.5 Å². The van der Waals surface area contributed by atoms with Gasteiger partial charge >= 0.3 is 6.61 Å². The number of benzene rings is 2. The van der Waals surface area contributed by atoms with Gasteiger partial charge < -0.3 is 14.8 Å². The summed E-state index contributed by atoms with van der Waals surface area (Å²) in [5.74, 6) is 0.0830. The van der Waals surface area contributed by atoms with Crippen LogP contribution in [0.2, 0.25) is 0 Å². The van der Waals surface area contributed by atoms with Crippen LogP contribution in [0.15, 0.2) is 48.5 Å². The van der Waals surface area contributed by atoms with Crippen LogP contribution in [-0.2, 0) is 11.2 Å². The first-order valence-electron chi connectivity index (χ1n) is 7.72. The lowest BCUT2D eigenvalue weighted by molar-refractivity contribution is -0.121. The molecule has 0 fully saturated rings. The number of hydrogen-bond donors (Lipinski definition) is 1. The Balaban J connectivity index is 1.62. The lowest BCUT2D eigenvalue weighted by Crippen LogP contribution is -2.27. The van der Waals surface area contributed by atoms with Gasteiger partial charge in [-0.1, -0.05) is 12.1 Å². The van der Waals surface area contributed by atoms with Gasteiger partial charge in [-0.05, 0) is 48.4 Å². The third-order valence-electron chi connectivity index (χ3n) is 3.30. The Morgan fingerprint density at radius 3 is 2.28 bits per heavy atom. The van der Waals surface area contributed by atoms with Crippen LogP contribution in [0.1, 0.15) is 12.0 Å². The lowest BCUT2D eigenvalue weighted by Gasteiger charge is -2.08. The van der Waals surface area contributed by atoms with Crippen molar-refractivity contribution in [1.82, 2.24) is 5.32 Å². The smallest absolute Gasteiger partial charge is 0.387 e. The van der Waals surface area contributed by atoms with Crippen molar-refractivity contribution >= 4 is 5.91 Å². The van der Waals surface area contributed by atoms with Gasteiger partial charge in [-0.2, -0.15) is 8.78 Å². The fourth-order valence-electron chi connectivity index (χ4n) is 2.06. The summed E-state index contributed by atoms with van der Waals surface area (Å²) in [7, 11) is 0. The number of halogens is 3. The second-order valence-corrected chi connectivity index (χ2v) is 5.17. The van der Waals surface area contributed by atoms with Crippen LogP contribution in [0.25, 0.3) is 0 Å². The summed E-state index contributed by atoms with van der Waals surface area (Å²) < 4.78 is 46.4. The minimum Gasteiger partial charge on any atom is -0.493 e. The highest BCUT2D eigenvalue weighted by atomic mass is 19.3. The first-order chi connectivity index (χ1) is 12.0. The Hall–Kier alpha value is -2.70. The van der Waals surface area contributed by atoms with Crippen molar-refractivity contribution in [3.05, 3.63) is 59.9 Å². The molecule has 0 saturated heterocycles. The fourth-order valence-corrected chi connectivity index (χ4v) is 2.06. The normalized spacial score (nSPS) is 10.6. The quantitative estimate of drug-likeness (QED) is 0.750. The summed E-state index contributed by atoms with van der Waals surface area (Å²) in [6, 6.07) is 11.8. The van der Waals surface area contributed by atoms with Crippen molar-refractivity contribution in [1.29, 1.82) is 0 Å². The fraction of sp³-hybridized carbons (Fsp3) is 0.278. The molecule has 0 aliphatic carbocycles. The summed E-state index contributed by atoms with van der Waals surface area (Å²) in [5, 5.41) is 2.74. The molecule has 0 bridgehead atoms. The van der Waals surface area contributed by atoms with E-state index in [4.69, 9.17) is 4.74 Å². The van der Waals surface area contributed by atoms with Gasteiger partial charge in [-0.25, -0.2) is 4.39 Å². The van der Waals surface area contributed by atoms with Crippen LogP contribution in [0.5, 0.6) is 11.5 Å². The SMILES string of the molecule is O=C(CCOc1ccc(F)cc1)NCCc1ccc(OC(F)F)cc1. The molecule has 0 radical (unpaired) electrons. The molecule has 2 aromatic carbocycles.